The van der Waals surface area contributed by atoms with Crippen LogP contribution in [0.2, 0.25) is 5.15 Å². The van der Waals surface area contributed by atoms with Crippen LogP contribution < -0.4 is 0 Å². The Morgan fingerprint density at radius 3 is 2.97 bits per heavy atom. The molecule has 1 aliphatic rings. The molecule has 0 aliphatic carbocycles. The Hall–Kier alpha value is -2.47. The fraction of sp³-hybridized carbons (Fsp3) is 0.478. The molecule has 0 aromatic carbocycles. The van der Waals surface area contributed by atoms with Crippen molar-refractivity contribution in [2.45, 2.75) is 64.7 Å². The fourth-order valence-corrected chi connectivity index (χ4v) is 4.64. The molecule has 0 spiro atoms. The number of esters is 1. The average molecular weight is 473 g/mol. The fourth-order valence-electron chi connectivity index (χ4n) is 3.72. The second-order valence-electron chi connectivity index (χ2n) is 7.60. The molecule has 4 heterocycles. The number of aromatic nitrogens is 4. The molecule has 9 heteroatoms. The Morgan fingerprint density at radius 2 is 2.22 bits per heavy atom. The number of nitrogens with zero attached hydrogens (tertiary/aromatic N) is 4. The van der Waals surface area contributed by atoms with Gasteiger partial charge in [-0.1, -0.05) is 49.8 Å². The van der Waals surface area contributed by atoms with Crippen molar-refractivity contribution in [3.05, 3.63) is 28.5 Å². The first-order valence-corrected chi connectivity index (χ1v) is 12.1. The predicted molar refractivity (Wildman–Crippen MR) is 124 cm³/mol. The molecule has 0 saturated carbocycles. The molecule has 1 aliphatic heterocycles. The molecule has 7 nitrogen and oxygen atoms in total. The SMILES string of the molecule is CCCCCCC#Cc1nc(Cl)c2nc(-c3cccs3)n([C@@H]3OCC[C@H]3OC(C)=O)c2n1. The first kappa shape index (κ1) is 22.7. The van der Waals surface area contributed by atoms with E-state index in [-0.39, 0.29) is 11.1 Å². The standard InChI is InChI=1S/C23H25ClN4O3S/c1-3-4-5-6-7-8-11-18-25-20(24)19-22(26-18)28(21(27-19)17-10-9-14-32-17)23-16(12-13-30-23)31-15(2)29/h9-10,14,16,23H,3-7,12-13H2,1-2H3/t16-,23-/m1/s1. The number of hydrogen-bond acceptors (Lipinski definition) is 7. The van der Waals surface area contributed by atoms with Crippen molar-refractivity contribution in [1.29, 1.82) is 0 Å². The van der Waals surface area contributed by atoms with E-state index >= 15 is 0 Å². The van der Waals surface area contributed by atoms with E-state index in [1.807, 2.05) is 22.1 Å². The summed E-state index contributed by atoms with van der Waals surface area (Å²) in [5.74, 6) is 6.83. The summed E-state index contributed by atoms with van der Waals surface area (Å²) in [7, 11) is 0. The van der Waals surface area contributed by atoms with E-state index in [0.29, 0.717) is 35.8 Å². The van der Waals surface area contributed by atoms with Gasteiger partial charge in [-0.3, -0.25) is 9.36 Å². The van der Waals surface area contributed by atoms with Gasteiger partial charge < -0.3 is 9.47 Å². The monoisotopic (exact) mass is 472 g/mol. The molecule has 0 amide bonds. The van der Waals surface area contributed by atoms with Crippen LogP contribution >= 0.6 is 22.9 Å². The number of halogens is 1. The lowest BCUT2D eigenvalue weighted by molar-refractivity contribution is -0.151. The number of ether oxygens (including phenoxy) is 2. The number of rotatable bonds is 7. The number of imidazole rings is 1. The van der Waals surface area contributed by atoms with Crippen molar-refractivity contribution >= 4 is 40.1 Å². The molecule has 3 aromatic rings. The van der Waals surface area contributed by atoms with Gasteiger partial charge >= 0.3 is 5.97 Å². The number of unbranched alkanes of at least 4 members (excludes halogenated alkanes) is 4. The molecule has 4 rings (SSSR count). The Kier molecular flexibility index (Phi) is 7.40. The smallest absolute Gasteiger partial charge is 0.303 e. The maximum absolute atomic E-state index is 11.6. The van der Waals surface area contributed by atoms with Crippen LogP contribution in [0.15, 0.2) is 17.5 Å². The maximum Gasteiger partial charge on any atom is 0.303 e. The molecule has 168 valence electrons. The van der Waals surface area contributed by atoms with Crippen LogP contribution in [0.4, 0.5) is 0 Å². The highest BCUT2D eigenvalue weighted by atomic mass is 35.5. The van der Waals surface area contributed by atoms with Crippen LogP contribution in [0.25, 0.3) is 21.9 Å². The molecule has 2 atom stereocenters. The van der Waals surface area contributed by atoms with E-state index in [1.165, 1.54) is 26.2 Å². The summed E-state index contributed by atoms with van der Waals surface area (Å²) in [5.41, 5.74) is 0.994. The molecule has 0 bridgehead atoms. The summed E-state index contributed by atoms with van der Waals surface area (Å²) in [6, 6.07) is 3.92. The number of carbonyl (C=O) groups excluding carboxylic acids is 1. The molecule has 3 aromatic heterocycles. The van der Waals surface area contributed by atoms with Crippen molar-refractivity contribution in [1.82, 2.24) is 19.5 Å². The van der Waals surface area contributed by atoms with E-state index in [2.05, 4.69) is 28.7 Å². The largest absolute Gasteiger partial charge is 0.458 e. The Balaban J connectivity index is 1.75. The lowest BCUT2D eigenvalue weighted by Gasteiger charge is -2.21. The van der Waals surface area contributed by atoms with E-state index in [4.69, 9.17) is 26.1 Å². The second-order valence-corrected chi connectivity index (χ2v) is 8.91. The minimum atomic E-state index is -0.554. The minimum absolute atomic E-state index is 0.240. The highest BCUT2D eigenvalue weighted by Gasteiger charge is 2.36. The van der Waals surface area contributed by atoms with E-state index in [1.54, 1.807) is 11.3 Å². The summed E-state index contributed by atoms with van der Waals surface area (Å²) < 4.78 is 13.4. The molecule has 1 saturated heterocycles. The highest BCUT2D eigenvalue weighted by Crippen LogP contribution is 2.37. The molecular weight excluding hydrogens is 448 g/mol. The highest BCUT2D eigenvalue weighted by molar-refractivity contribution is 7.13. The summed E-state index contributed by atoms with van der Waals surface area (Å²) in [6.45, 7) is 4.05. The van der Waals surface area contributed by atoms with Crippen molar-refractivity contribution in [2.24, 2.45) is 0 Å². The van der Waals surface area contributed by atoms with Gasteiger partial charge in [-0.15, -0.1) is 11.3 Å². The lowest BCUT2D eigenvalue weighted by Crippen LogP contribution is -2.25. The zero-order valence-electron chi connectivity index (χ0n) is 18.1. The van der Waals surface area contributed by atoms with E-state index in [9.17, 15) is 4.79 Å². The Bertz CT molecular complexity index is 1150. The first-order valence-electron chi connectivity index (χ1n) is 10.9. The number of thiophene rings is 1. The molecule has 0 N–H and O–H groups in total. The van der Waals surface area contributed by atoms with Crippen LogP contribution in [-0.4, -0.2) is 38.2 Å². The van der Waals surface area contributed by atoms with Crippen molar-refractivity contribution in [3.63, 3.8) is 0 Å². The van der Waals surface area contributed by atoms with Gasteiger partial charge in [0.1, 0.15) is 11.6 Å². The van der Waals surface area contributed by atoms with Crippen molar-refractivity contribution < 1.29 is 14.3 Å². The maximum atomic E-state index is 11.6. The predicted octanol–water partition coefficient (Wildman–Crippen LogP) is 5.38. The van der Waals surface area contributed by atoms with Crippen LogP contribution in [0.1, 0.15) is 64.4 Å². The topological polar surface area (TPSA) is 79.1 Å². The van der Waals surface area contributed by atoms with Gasteiger partial charge in [0.2, 0.25) is 5.82 Å². The third-order valence-electron chi connectivity index (χ3n) is 5.18. The van der Waals surface area contributed by atoms with Gasteiger partial charge in [0.25, 0.3) is 0 Å². The van der Waals surface area contributed by atoms with Gasteiger partial charge in [0, 0.05) is 19.8 Å². The van der Waals surface area contributed by atoms with Gasteiger partial charge in [0.05, 0.1) is 11.5 Å². The molecule has 0 unspecified atom stereocenters. The van der Waals surface area contributed by atoms with Gasteiger partial charge in [-0.25, -0.2) is 15.0 Å². The number of hydrogen-bond donors (Lipinski definition) is 0. The van der Waals surface area contributed by atoms with Crippen LogP contribution in [0.3, 0.4) is 0 Å². The average Bonchev–Trinajstić information content (AvgIpc) is 3.49. The first-order chi connectivity index (χ1) is 15.6. The van der Waals surface area contributed by atoms with Gasteiger partial charge in [-0.2, -0.15) is 0 Å². The van der Waals surface area contributed by atoms with Crippen LogP contribution in [-0.2, 0) is 14.3 Å². The Labute approximate surface area is 196 Å². The van der Waals surface area contributed by atoms with Gasteiger partial charge in [0.15, 0.2) is 22.9 Å². The molecule has 1 fully saturated rings. The summed E-state index contributed by atoms with van der Waals surface area (Å²) in [6.07, 6.45) is 5.02. The second kappa shape index (κ2) is 10.4. The van der Waals surface area contributed by atoms with Crippen molar-refractivity contribution in [2.75, 3.05) is 6.61 Å². The molecular formula is C23H25ClN4O3S. The zero-order valence-corrected chi connectivity index (χ0v) is 19.7. The van der Waals surface area contributed by atoms with E-state index in [0.717, 1.165) is 17.7 Å². The number of fused-ring (bicyclic) bond motifs is 1. The lowest BCUT2D eigenvalue weighted by atomic mass is 10.2. The third kappa shape index (κ3) is 4.96. The summed E-state index contributed by atoms with van der Waals surface area (Å²) in [4.78, 5) is 26.3. The zero-order chi connectivity index (χ0) is 22.5. The summed E-state index contributed by atoms with van der Waals surface area (Å²) in [5, 5.41) is 2.21. The minimum Gasteiger partial charge on any atom is -0.458 e. The number of carbonyl (C=O) groups is 1. The van der Waals surface area contributed by atoms with Crippen molar-refractivity contribution in [3.8, 4) is 22.5 Å². The van der Waals surface area contributed by atoms with E-state index < -0.39 is 12.3 Å². The Morgan fingerprint density at radius 1 is 1.34 bits per heavy atom. The molecule has 0 radical (unpaired) electrons. The van der Waals surface area contributed by atoms with Crippen LogP contribution in [0, 0.1) is 11.8 Å². The summed E-state index contributed by atoms with van der Waals surface area (Å²) >= 11 is 8.05. The van der Waals surface area contributed by atoms with Crippen LogP contribution in [0.5, 0.6) is 0 Å². The van der Waals surface area contributed by atoms with Gasteiger partial charge in [-0.05, 0) is 23.8 Å². The normalized spacial score (nSPS) is 18.0. The quantitative estimate of drug-likeness (QED) is 0.199. The molecule has 32 heavy (non-hydrogen) atoms. The third-order valence-corrected chi connectivity index (χ3v) is 6.30.